The molecule has 4 N–H and O–H groups in total. The molecular weight excluding hydrogens is 452 g/mol. The molecule has 7 heteroatoms. The minimum atomic E-state index is -0.833. The highest BCUT2D eigenvalue weighted by Gasteiger charge is 2.38. The summed E-state index contributed by atoms with van der Waals surface area (Å²) in [7, 11) is 0. The van der Waals surface area contributed by atoms with E-state index in [9.17, 15) is 4.79 Å². The van der Waals surface area contributed by atoms with Crippen LogP contribution in [0.4, 0.5) is 0 Å². The van der Waals surface area contributed by atoms with Crippen LogP contribution in [0.1, 0.15) is 110 Å². The SMILES string of the molecule is CC(=O)O.CC1=C2CCCCC2(C)CCC1=O.CC1=C2CCCCC2(C)Cc2cncnc21.N=CN. The third kappa shape index (κ3) is 7.11. The fourth-order valence-corrected chi connectivity index (χ4v) is 6.42. The highest BCUT2D eigenvalue weighted by Crippen LogP contribution is 2.50. The number of Topliss-reactive ketones (excluding diaryl/α,β-unsaturated/α-hetero) is 1. The molecule has 7 nitrogen and oxygen atoms in total. The third-order valence-corrected chi connectivity index (χ3v) is 8.22. The maximum Gasteiger partial charge on any atom is 0.300 e. The van der Waals surface area contributed by atoms with Gasteiger partial charge in [0.05, 0.1) is 12.0 Å². The highest BCUT2D eigenvalue weighted by molar-refractivity contribution is 5.96. The number of aliphatic carboxylic acids is 1. The Morgan fingerprint density at radius 1 is 1.00 bits per heavy atom. The van der Waals surface area contributed by atoms with Gasteiger partial charge in [0, 0.05) is 19.5 Å². The lowest BCUT2D eigenvalue weighted by Gasteiger charge is -2.41. The van der Waals surface area contributed by atoms with Gasteiger partial charge in [0.2, 0.25) is 0 Å². The monoisotopic (exact) mass is 496 g/mol. The number of hydrogen-bond donors (Lipinski definition) is 3. The van der Waals surface area contributed by atoms with Gasteiger partial charge in [-0.25, -0.2) is 9.97 Å². The molecule has 0 bridgehead atoms. The Morgan fingerprint density at radius 3 is 2.11 bits per heavy atom. The Labute approximate surface area is 216 Å². The molecule has 1 heterocycles. The van der Waals surface area contributed by atoms with Crippen LogP contribution in [0.25, 0.3) is 5.57 Å². The highest BCUT2D eigenvalue weighted by atomic mass is 16.4. The quantitative estimate of drug-likeness (QED) is 0.286. The zero-order chi connectivity index (χ0) is 26.9. The first kappa shape index (κ1) is 29.4. The molecule has 0 radical (unpaired) electrons. The summed E-state index contributed by atoms with van der Waals surface area (Å²) >= 11 is 0. The summed E-state index contributed by atoms with van der Waals surface area (Å²) in [4.78, 5) is 29.2. The van der Waals surface area contributed by atoms with E-state index in [0.29, 0.717) is 16.6 Å². The molecule has 4 aliphatic carbocycles. The fraction of sp³-hybridized carbons (Fsp3) is 0.621. The van der Waals surface area contributed by atoms with E-state index in [0.717, 1.165) is 38.1 Å². The molecule has 0 saturated heterocycles. The number of allylic oxidation sites excluding steroid dienone is 4. The number of nitrogens with two attached hydrogens (primary N) is 1. The van der Waals surface area contributed by atoms with Crippen molar-refractivity contribution in [1.29, 1.82) is 5.41 Å². The number of nitrogens with one attached hydrogen (secondary N) is 1. The Balaban J connectivity index is 0.000000205. The molecule has 2 atom stereocenters. The molecule has 36 heavy (non-hydrogen) atoms. The molecule has 0 amide bonds. The molecule has 2 saturated carbocycles. The van der Waals surface area contributed by atoms with Gasteiger partial charge in [0.25, 0.3) is 5.97 Å². The number of carbonyl (C=O) groups excluding carboxylic acids is 1. The van der Waals surface area contributed by atoms with Gasteiger partial charge >= 0.3 is 0 Å². The van der Waals surface area contributed by atoms with Crippen LogP contribution in [0.15, 0.2) is 29.2 Å². The summed E-state index contributed by atoms with van der Waals surface area (Å²) in [5.74, 6) is -0.436. The summed E-state index contributed by atoms with van der Waals surface area (Å²) in [6.07, 6.45) is 17.9. The second-order valence-electron chi connectivity index (χ2n) is 10.9. The van der Waals surface area contributed by atoms with Crippen molar-refractivity contribution in [2.24, 2.45) is 16.6 Å². The molecule has 2 fully saturated rings. The van der Waals surface area contributed by atoms with Crippen LogP contribution < -0.4 is 5.73 Å². The Morgan fingerprint density at radius 2 is 1.53 bits per heavy atom. The number of ketones is 1. The van der Waals surface area contributed by atoms with Crippen molar-refractivity contribution in [3.8, 4) is 0 Å². The molecule has 2 unspecified atom stereocenters. The molecule has 0 aromatic carbocycles. The summed E-state index contributed by atoms with van der Waals surface area (Å²) in [5.41, 5.74) is 13.4. The number of fused-ring (bicyclic) bond motifs is 3. The largest absolute Gasteiger partial charge is 0.481 e. The molecule has 198 valence electrons. The van der Waals surface area contributed by atoms with Gasteiger partial charge in [-0.1, -0.05) is 37.8 Å². The first-order valence-corrected chi connectivity index (χ1v) is 13.1. The number of aromatic nitrogens is 2. The fourth-order valence-electron chi connectivity index (χ4n) is 6.42. The second-order valence-corrected chi connectivity index (χ2v) is 10.9. The van der Waals surface area contributed by atoms with E-state index in [2.05, 4.69) is 36.5 Å². The van der Waals surface area contributed by atoms with Gasteiger partial charge < -0.3 is 10.8 Å². The minimum absolute atomic E-state index is 0.385. The average Bonchev–Trinajstić information content (AvgIpc) is 2.82. The van der Waals surface area contributed by atoms with Crippen LogP contribution >= 0.6 is 0 Å². The van der Waals surface area contributed by atoms with E-state index in [1.165, 1.54) is 73.8 Å². The first-order chi connectivity index (χ1) is 17.0. The number of nitrogens with zero attached hydrogens (tertiary/aromatic N) is 2. The number of carboxylic acids is 1. The zero-order valence-corrected chi connectivity index (χ0v) is 22.7. The van der Waals surface area contributed by atoms with Crippen LogP contribution in [-0.2, 0) is 16.0 Å². The van der Waals surface area contributed by atoms with Crippen molar-refractivity contribution in [1.82, 2.24) is 9.97 Å². The van der Waals surface area contributed by atoms with Gasteiger partial charge in [0.1, 0.15) is 6.33 Å². The van der Waals surface area contributed by atoms with E-state index in [-0.39, 0.29) is 0 Å². The van der Waals surface area contributed by atoms with Crippen molar-refractivity contribution in [3.63, 3.8) is 0 Å². The van der Waals surface area contributed by atoms with Crippen molar-refractivity contribution in [2.75, 3.05) is 0 Å². The first-order valence-electron chi connectivity index (χ1n) is 13.1. The molecule has 4 aliphatic rings. The predicted molar refractivity (Wildman–Crippen MR) is 145 cm³/mol. The number of carboxylic acid groups (broad SMARTS) is 1. The second kappa shape index (κ2) is 12.9. The number of rotatable bonds is 0. The number of carbonyl (C=O) groups is 2. The molecular formula is C29H44N4O3. The maximum absolute atomic E-state index is 11.5. The average molecular weight is 497 g/mol. The molecule has 1 aromatic heterocycles. The standard InChI is InChI=1S/C14H18N2.C12H18O.C2H4O2.CH4N2/c1-10-12-5-3-4-6-14(12,2)7-11-8-15-9-16-13(10)11;1-9-10-5-3-4-7-12(10,2)8-6-11(9)13;1-2(3)4;2-1-3/h8-9H,3-7H2,1-2H3;3-8H2,1-2H3;1H3,(H,3,4);1H,(H3,2,3). The van der Waals surface area contributed by atoms with Gasteiger partial charge in [0.15, 0.2) is 5.78 Å². The van der Waals surface area contributed by atoms with Crippen molar-refractivity contribution >= 4 is 23.7 Å². The molecule has 0 aliphatic heterocycles. The number of hydrogen-bond acceptors (Lipinski definition) is 5. The van der Waals surface area contributed by atoms with Crippen LogP contribution in [-0.4, -0.2) is 33.2 Å². The van der Waals surface area contributed by atoms with E-state index < -0.39 is 5.97 Å². The summed E-state index contributed by atoms with van der Waals surface area (Å²) in [6.45, 7) is 10.1. The Kier molecular flexibility index (Phi) is 10.6. The minimum Gasteiger partial charge on any atom is -0.481 e. The Hall–Kier alpha value is -2.83. The van der Waals surface area contributed by atoms with E-state index in [1.54, 1.807) is 11.9 Å². The third-order valence-electron chi connectivity index (χ3n) is 8.22. The topological polar surface area (TPSA) is 130 Å². The molecule has 1 aromatic rings. The maximum atomic E-state index is 11.5. The smallest absolute Gasteiger partial charge is 0.300 e. The van der Waals surface area contributed by atoms with E-state index in [1.807, 2.05) is 13.1 Å². The normalized spacial score (nSPS) is 26.3. The van der Waals surface area contributed by atoms with Crippen molar-refractivity contribution in [3.05, 3.63) is 40.5 Å². The van der Waals surface area contributed by atoms with Crippen LogP contribution in [0.2, 0.25) is 0 Å². The van der Waals surface area contributed by atoms with Gasteiger partial charge in [-0.3, -0.25) is 15.0 Å². The van der Waals surface area contributed by atoms with Crippen LogP contribution in [0.5, 0.6) is 0 Å². The van der Waals surface area contributed by atoms with E-state index in [4.69, 9.17) is 15.3 Å². The molecule has 0 spiro atoms. The predicted octanol–water partition coefficient (Wildman–Crippen LogP) is 6.28. The Bertz CT molecular complexity index is 1030. The summed E-state index contributed by atoms with van der Waals surface area (Å²) in [5, 5.41) is 13.3. The zero-order valence-electron chi connectivity index (χ0n) is 22.7. The van der Waals surface area contributed by atoms with E-state index >= 15 is 0 Å². The summed E-state index contributed by atoms with van der Waals surface area (Å²) in [6, 6.07) is 0. The summed E-state index contributed by atoms with van der Waals surface area (Å²) < 4.78 is 0. The van der Waals surface area contributed by atoms with Gasteiger partial charge in [-0.2, -0.15) is 0 Å². The van der Waals surface area contributed by atoms with Gasteiger partial charge in [-0.15, -0.1) is 0 Å². The van der Waals surface area contributed by atoms with Gasteiger partial charge in [-0.05, 0) is 92.8 Å². The lowest BCUT2D eigenvalue weighted by atomic mass is 9.64. The van der Waals surface area contributed by atoms with Crippen LogP contribution in [0.3, 0.4) is 0 Å². The molecule has 5 rings (SSSR count). The lowest BCUT2D eigenvalue weighted by molar-refractivity contribution is -0.134. The van der Waals surface area contributed by atoms with Crippen molar-refractivity contribution in [2.45, 2.75) is 105 Å². The van der Waals surface area contributed by atoms with Crippen LogP contribution in [0, 0.1) is 16.2 Å². The van der Waals surface area contributed by atoms with Crippen molar-refractivity contribution < 1.29 is 14.7 Å². The lowest BCUT2D eigenvalue weighted by Crippen LogP contribution is -2.30.